The van der Waals surface area contributed by atoms with E-state index in [0.717, 1.165) is 34.4 Å². The van der Waals surface area contributed by atoms with Gasteiger partial charge in [0.05, 0.1) is 12.1 Å². The molecule has 0 atom stereocenters. The molecule has 1 heterocycles. The van der Waals surface area contributed by atoms with E-state index in [4.69, 9.17) is 0 Å². The van der Waals surface area contributed by atoms with Crippen molar-refractivity contribution in [1.82, 2.24) is 15.3 Å². The number of benzene rings is 1. The van der Waals surface area contributed by atoms with E-state index in [9.17, 15) is 0 Å². The Morgan fingerprint density at radius 3 is 3.07 bits per heavy atom. The molecule has 0 saturated carbocycles. The van der Waals surface area contributed by atoms with Gasteiger partial charge in [-0.1, -0.05) is 13.0 Å². The van der Waals surface area contributed by atoms with Crippen LogP contribution >= 0.6 is 15.9 Å². The molecule has 2 aromatic rings. The van der Waals surface area contributed by atoms with Crippen LogP contribution in [-0.2, 0) is 6.54 Å². The quantitative estimate of drug-likeness (QED) is 0.883. The molecule has 0 fully saturated rings. The number of hydrogen-bond donors (Lipinski definition) is 2. The van der Waals surface area contributed by atoms with Crippen LogP contribution in [0.4, 0.5) is 0 Å². The molecule has 0 unspecified atom stereocenters. The topological polar surface area (TPSA) is 40.7 Å². The van der Waals surface area contributed by atoms with Crippen LogP contribution in [0.5, 0.6) is 0 Å². The maximum absolute atomic E-state index is 4.48. The highest BCUT2D eigenvalue weighted by atomic mass is 79.9. The van der Waals surface area contributed by atoms with E-state index in [-0.39, 0.29) is 0 Å². The number of nitrogens with zero attached hydrogens (tertiary/aromatic N) is 1. The standard InChI is InChI=1S/C10H12BrN3/c1-2-12-6-9-13-8-5-3-4-7(11)10(8)14-9/h3-5,12H,2,6H2,1H3,(H,13,14). The number of rotatable bonds is 3. The second kappa shape index (κ2) is 4.11. The van der Waals surface area contributed by atoms with E-state index >= 15 is 0 Å². The molecule has 0 aliphatic heterocycles. The molecule has 0 aliphatic carbocycles. The fourth-order valence-electron chi connectivity index (χ4n) is 1.38. The molecule has 2 rings (SSSR count). The van der Waals surface area contributed by atoms with Crippen molar-refractivity contribution in [3.8, 4) is 0 Å². The number of H-pyrrole nitrogens is 1. The van der Waals surface area contributed by atoms with Crippen molar-refractivity contribution in [3.63, 3.8) is 0 Å². The van der Waals surface area contributed by atoms with Crippen LogP contribution in [0, 0.1) is 0 Å². The molecule has 0 bridgehead atoms. The van der Waals surface area contributed by atoms with E-state index in [2.05, 4.69) is 38.1 Å². The molecular formula is C10H12BrN3. The summed E-state index contributed by atoms with van der Waals surface area (Å²) in [6, 6.07) is 6.03. The van der Waals surface area contributed by atoms with E-state index in [1.807, 2.05) is 18.2 Å². The molecule has 0 aliphatic rings. The molecule has 2 N–H and O–H groups in total. The Balaban J connectivity index is 2.36. The largest absolute Gasteiger partial charge is 0.341 e. The van der Waals surface area contributed by atoms with E-state index in [1.54, 1.807) is 0 Å². The minimum atomic E-state index is 0.789. The van der Waals surface area contributed by atoms with E-state index in [0.29, 0.717) is 0 Å². The number of halogens is 1. The second-order valence-corrected chi connectivity index (χ2v) is 3.95. The lowest BCUT2D eigenvalue weighted by Gasteiger charge is -1.94. The monoisotopic (exact) mass is 253 g/mol. The van der Waals surface area contributed by atoms with Crippen molar-refractivity contribution >= 4 is 27.0 Å². The first-order valence-corrected chi connectivity index (χ1v) is 5.44. The van der Waals surface area contributed by atoms with Crippen molar-refractivity contribution in [2.24, 2.45) is 0 Å². The van der Waals surface area contributed by atoms with E-state index < -0.39 is 0 Å². The Morgan fingerprint density at radius 2 is 2.36 bits per heavy atom. The summed E-state index contributed by atoms with van der Waals surface area (Å²) in [5.74, 6) is 0.980. The van der Waals surface area contributed by atoms with Gasteiger partial charge in [-0.15, -0.1) is 0 Å². The lowest BCUT2D eigenvalue weighted by atomic mass is 10.3. The van der Waals surface area contributed by atoms with Gasteiger partial charge in [-0.25, -0.2) is 4.98 Å². The Labute approximate surface area is 91.1 Å². The first kappa shape index (κ1) is 9.68. The Morgan fingerprint density at radius 1 is 1.50 bits per heavy atom. The summed E-state index contributed by atoms with van der Waals surface area (Å²) in [6.45, 7) is 3.83. The van der Waals surface area contributed by atoms with Crippen molar-refractivity contribution < 1.29 is 0 Å². The molecule has 0 radical (unpaired) electrons. The zero-order valence-corrected chi connectivity index (χ0v) is 9.56. The maximum atomic E-state index is 4.48. The number of nitrogens with one attached hydrogen (secondary N) is 2. The SMILES string of the molecule is CCNCc1nc2c(Br)cccc2[nH]1. The number of para-hydroxylation sites is 1. The van der Waals surface area contributed by atoms with E-state index in [1.165, 1.54) is 0 Å². The lowest BCUT2D eigenvalue weighted by Crippen LogP contribution is -2.12. The van der Waals surface area contributed by atoms with Crippen molar-refractivity contribution in [2.45, 2.75) is 13.5 Å². The Kier molecular flexibility index (Phi) is 2.84. The van der Waals surface area contributed by atoms with Crippen LogP contribution in [0.2, 0.25) is 0 Å². The summed E-state index contributed by atoms with van der Waals surface area (Å²) in [5.41, 5.74) is 2.08. The number of aromatic nitrogens is 2. The van der Waals surface area contributed by atoms with Gasteiger partial charge in [-0.05, 0) is 34.6 Å². The number of aromatic amines is 1. The molecule has 1 aromatic heterocycles. The van der Waals surface area contributed by atoms with Crippen molar-refractivity contribution in [1.29, 1.82) is 0 Å². The predicted octanol–water partition coefficient (Wildman–Crippen LogP) is 2.43. The maximum Gasteiger partial charge on any atom is 0.121 e. The summed E-state index contributed by atoms with van der Waals surface area (Å²) >= 11 is 3.48. The van der Waals surface area contributed by atoms with Gasteiger partial charge >= 0.3 is 0 Å². The summed E-state index contributed by atoms with van der Waals surface area (Å²) in [5, 5.41) is 3.24. The molecule has 3 nitrogen and oxygen atoms in total. The molecule has 1 aromatic carbocycles. The van der Waals surface area contributed by atoms with Crippen LogP contribution < -0.4 is 5.32 Å². The molecule has 4 heteroatoms. The zero-order valence-electron chi connectivity index (χ0n) is 7.97. The average Bonchev–Trinajstić information content (AvgIpc) is 2.59. The molecule has 14 heavy (non-hydrogen) atoms. The highest BCUT2D eigenvalue weighted by Crippen LogP contribution is 2.21. The number of imidazole rings is 1. The third kappa shape index (κ3) is 1.81. The van der Waals surface area contributed by atoms with Crippen LogP contribution in [0.25, 0.3) is 11.0 Å². The summed E-state index contributed by atoms with van der Waals surface area (Å²) < 4.78 is 1.04. The minimum absolute atomic E-state index is 0.789. The fourth-order valence-corrected chi connectivity index (χ4v) is 1.83. The molecule has 0 amide bonds. The van der Waals surface area contributed by atoms with Gasteiger partial charge in [0.2, 0.25) is 0 Å². The first-order chi connectivity index (χ1) is 6.81. The van der Waals surface area contributed by atoms with Crippen LogP contribution in [0.15, 0.2) is 22.7 Å². The number of fused-ring (bicyclic) bond motifs is 1. The second-order valence-electron chi connectivity index (χ2n) is 3.10. The Hall–Kier alpha value is -0.870. The first-order valence-electron chi connectivity index (χ1n) is 4.65. The van der Waals surface area contributed by atoms with Gasteiger partial charge in [0, 0.05) is 4.47 Å². The van der Waals surface area contributed by atoms with Gasteiger partial charge < -0.3 is 10.3 Å². The highest BCUT2D eigenvalue weighted by molar-refractivity contribution is 9.10. The third-order valence-electron chi connectivity index (χ3n) is 2.05. The summed E-state index contributed by atoms with van der Waals surface area (Å²) in [7, 11) is 0. The minimum Gasteiger partial charge on any atom is -0.341 e. The number of hydrogen-bond acceptors (Lipinski definition) is 2. The van der Waals surface area contributed by atoms with Gasteiger partial charge in [0.1, 0.15) is 11.3 Å². The van der Waals surface area contributed by atoms with Gasteiger partial charge in [0.15, 0.2) is 0 Å². The third-order valence-corrected chi connectivity index (χ3v) is 2.69. The zero-order chi connectivity index (χ0) is 9.97. The van der Waals surface area contributed by atoms with Crippen LogP contribution in [0.1, 0.15) is 12.7 Å². The normalized spacial score (nSPS) is 11.0. The molecular weight excluding hydrogens is 242 g/mol. The van der Waals surface area contributed by atoms with Crippen molar-refractivity contribution in [2.75, 3.05) is 6.54 Å². The molecule has 0 saturated heterocycles. The molecule has 0 spiro atoms. The van der Waals surface area contributed by atoms with Gasteiger partial charge in [0.25, 0.3) is 0 Å². The van der Waals surface area contributed by atoms with Crippen LogP contribution in [-0.4, -0.2) is 16.5 Å². The van der Waals surface area contributed by atoms with Gasteiger partial charge in [-0.2, -0.15) is 0 Å². The fraction of sp³-hybridized carbons (Fsp3) is 0.300. The van der Waals surface area contributed by atoms with Crippen LogP contribution in [0.3, 0.4) is 0 Å². The van der Waals surface area contributed by atoms with Gasteiger partial charge in [-0.3, -0.25) is 0 Å². The smallest absolute Gasteiger partial charge is 0.121 e. The highest BCUT2D eigenvalue weighted by Gasteiger charge is 2.04. The summed E-state index contributed by atoms with van der Waals surface area (Å²) in [6.07, 6.45) is 0. The molecule has 74 valence electrons. The Bertz CT molecular complexity index is 436. The van der Waals surface area contributed by atoms with Crippen molar-refractivity contribution in [3.05, 3.63) is 28.5 Å². The lowest BCUT2D eigenvalue weighted by molar-refractivity contribution is 0.700. The average molecular weight is 254 g/mol. The summed E-state index contributed by atoms with van der Waals surface area (Å²) in [4.78, 5) is 7.75. The predicted molar refractivity (Wildman–Crippen MR) is 61.2 cm³/mol.